The van der Waals surface area contributed by atoms with E-state index in [9.17, 15) is 4.79 Å². The molecule has 0 saturated carbocycles. The van der Waals surface area contributed by atoms with E-state index in [0.29, 0.717) is 24.7 Å². The van der Waals surface area contributed by atoms with Crippen molar-refractivity contribution in [1.82, 2.24) is 14.9 Å². The Morgan fingerprint density at radius 3 is 2.50 bits per heavy atom. The Morgan fingerprint density at radius 2 is 1.79 bits per heavy atom. The van der Waals surface area contributed by atoms with Crippen LogP contribution in [0.25, 0.3) is 11.5 Å². The molecule has 0 spiro atoms. The third kappa shape index (κ3) is 3.76. The minimum absolute atomic E-state index is 0.0911. The molecule has 2 aromatic heterocycles. The van der Waals surface area contributed by atoms with E-state index in [1.54, 1.807) is 6.20 Å². The summed E-state index contributed by atoms with van der Waals surface area (Å²) >= 11 is 0. The van der Waals surface area contributed by atoms with Crippen LogP contribution in [0.4, 0.5) is 5.82 Å². The van der Waals surface area contributed by atoms with E-state index in [-0.39, 0.29) is 12.3 Å². The lowest BCUT2D eigenvalue weighted by Gasteiger charge is -2.35. The predicted octanol–water partition coefficient (Wildman–Crippen LogP) is 3.24. The molecule has 1 aliphatic heterocycles. The van der Waals surface area contributed by atoms with E-state index >= 15 is 0 Å². The highest BCUT2D eigenvalue weighted by molar-refractivity contribution is 5.79. The van der Waals surface area contributed by atoms with Crippen molar-refractivity contribution in [3.05, 3.63) is 65.7 Å². The van der Waals surface area contributed by atoms with E-state index in [1.807, 2.05) is 61.2 Å². The first kappa shape index (κ1) is 18.2. The number of hydrogen-bond donors (Lipinski definition) is 0. The third-order valence-corrected chi connectivity index (χ3v) is 5.19. The number of piperazine rings is 1. The molecule has 3 aromatic rings. The summed E-state index contributed by atoms with van der Waals surface area (Å²) in [5.74, 6) is 2.34. The van der Waals surface area contributed by atoms with Crippen LogP contribution >= 0.6 is 0 Å². The van der Waals surface area contributed by atoms with Crippen LogP contribution in [0.3, 0.4) is 0 Å². The molecule has 0 atom stereocenters. The molecular weight excluding hydrogens is 352 g/mol. The number of nitrogens with zero attached hydrogens (tertiary/aromatic N) is 4. The van der Waals surface area contributed by atoms with Crippen molar-refractivity contribution >= 4 is 11.7 Å². The fourth-order valence-electron chi connectivity index (χ4n) is 3.50. The lowest BCUT2D eigenvalue weighted by Crippen LogP contribution is -2.49. The fourth-order valence-corrected chi connectivity index (χ4v) is 3.50. The Kier molecular flexibility index (Phi) is 5.10. The van der Waals surface area contributed by atoms with Crippen LogP contribution in [0.5, 0.6) is 0 Å². The van der Waals surface area contributed by atoms with Gasteiger partial charge in [-0.05, 0) is 37.6 Å². The SMILES string of the molecule is Cc1ccccc1-c1nc(CC(=O)N2CCN(c3ccccn3)CC2)c(C)o1. The largest absolute Gasteiger partial charge is 0.441 e. The van der Waals surface area contributed by atoms with Gasteiger partial charge in [0.25, 0.3) is 0 Å². The van der Waals surface area contributed by atoms with Crippen molar-refractivity contribution in [3.63, 3.8) is 0 Å². The van der Waals surface area contributed by atoms with Crippen molar-refractivity contribution in [3.8, 4) is 11.5 Å². The molecule has 144 valence electrons. The number of anilines is 1. The molecule has 1 fully saturated rings. The zero-order valence-corrected chi connectivity index (χ0v) is 16.3. The minimum atomic E-state index is 0.0911. The van der Waals surface area contributed by atoms with Crippen LogP contribution in [0, 0.1) is 13.8 Å². The monoisotopic (exact) mass is 376 g/mol. The number of amides is 1. The van der Waals surface area contributed by atoms with Crippen LogP contribution in [0.2, 0.25) is 0 Å². The number of aryl methyl sites for hydroxylation is 2. The Bertz CT molecular complexity index is 960. The van der Waals surface area contributed by atoms with Crippen LogP contribution in [0.15, 0.2) is 53.1 Å². The molecular formula is C22H24N4O2. The molecule has 6 heteroatoms. The average molecular weight is 376 g/mol. The van der Waals surface area contributed by atoms with Gasteiger partial charge in [0.15, 0.2) is 0 Å². The molecule has 0 radical (unpaired) electrons. The molecule has 0 unspecified atom stereocenters. The Balaban J connectivity index is 1.40. The van der Waals surface area contributed by atoms with E-state index in [0.717, 1.165) is 35.7 Å². The normalized spacial score (nSPS) is 14.4. The van der Waals surface area contributed by atoms with Crippen molar-refractivity contribution in [1.29, 1.82) is 0 Å². The van der Waals surface area contributed by atoms with Crippen LogP contribution in [-0.2, 0) is 11.2 Å². The Labute approximate surface area is 164 Å². The third-order valence-electron chi connectivity index (χ3n) is 5.19. The second kappa shape index (κ2) is 7.84. The standard InChI is InChI=1S/C22H24N4O2/c1-16-7-3-4-8-18(16)22-24-19(17(2)28-22)15-21(27)26-13-11-25(12-14-26)20-9-5-6-10-23-20/h3-10H,11-15H2,1-2H3. The fraction of sp³-hybridized carbons (Fsp3) is 0.318. The summed E-state index contributed by atoms with van der Waals surface area (Å²) in [6.07, 6.45) is 2.07. The summed E-state index contributed by atoms with van der Waals surface area (Å²) in [5.41, 5.74) is 2.79. The molecule has 1 aliphatic rings. The van der Waals surface area contributed by atoms with Crippen molar-refractivity contribution in [2.45, 2.75) is 20.3 Å². The van der Waals surface area contributed by atoms with Crippen LogP contribution < -0.4 is 4.90 Å². The van der Waals surface area contributed by atoms with Crippen molar-refractivity contribution in [2.75, 3.05) is 31.1 Å². The van der Waals surface area contributed by atoms with Crippen molar-refractivity contribution in [2.24, 2.45) is 0 Å². The number of aromatic nitrogens is 2. The van der Waals surface area contributed by atoms with Gasteiger partial charge in [0.1, 0.15) is 11.6 Å². The summed E-state index contributed by atoms with van der Waals surface area (Å²) < 4.78 is 5.85. The zero-order chi connectivity index (χ0) is 19.5. The highest BCUT2D eigenvalue weighted by atomic mass is 16.4. The summed E-state index contributed by atoms with van der Waals surface area (Å²) in [7, 11) is 0. The maximum Gasteiger partial charge on any atom is 0.228 e. The number of carbonyl (C=O) groups excluding carboxylic acids is 1. The number of rotatable bonds is 4. The quantitative estimate of drug-likeness (QED) is 0.699. The Morgan fingerprint density at radius 1 is 1.04 bits per heavy atom. The molecule has 28 heavy (non-hydrogen) atoms. The molecule has 1 aromatic carbocycles. The topological polar surface area (TPSA) is 62.5 Å². The van der Waals surface area contributed by atoms with Gasteiger partial charge in [-0.2, -0.15) is 0 Å². The first-order valence-corrected chi connectivity index (χ1v) is 9.58. The predicted molar refractivity (Wildman–Crippen MR) is 108 cm³/mol. The smallest absolute Gasteiger partial charge is 0.228 e. The van der Waals surface area contributed by atoms with E-state index < -0.39 is 0 Å². The van der Waals surface area contributed by atoms with Gasteiger partial charge in [-0.15, -0.1) is 0 Å². The summed E-state index contributed by atoms with van der Waals surface area (Å²) in [4.78, 5) is 25.9. The first-order chi connectivity index (χ1) is 13.6. The van der Waals surface area contributed by atoms with E-state index in [2.05, 4.69) is 14.9 Å². The second-order valence-corrected chi connectivity index (χ2v) is 7.07. The van der Waals surface area contributed by atoms with E-state index in [4.69, 9.17) is 4.42 Å². The number of oxazole rings is 1. The molecule has 1 amide bonds. The van der Waals surface area contributed by atoms with Gasteiger partial charge in [-0.1, -0.05) is 24.3 Å². The van der Waals surface area contributed by atoms with Crippen LogP contribution in [-0.4, -0.2) is 47.0 Å². The van der Waals surface area contributed by atoms with Gasteiger partial charge in [0.2, 0.25) is 11.8 Å². The molecule has 3 heterocycles. The summed E-state index contributed by atoms with van der Waals surface area (Å²) in [6.45, 7) is 6.86. The second-order valence-electron chi connectivity index (χ2n) is 7.07. The van der Waals surface area contributed by atoms with Gasteiger partial charge >= 0.3 is 0 Å². The number of carbonyl (C=O) groups is 1. The molecule has 0 N–H and O–H groups in total. The van der Waals surface area contributed by atoms with Crippen molar-refractivity contribution < 1.29 is 9.21 Å². The molecule has 4 rings (SSSR count). The molecule has 1 saturated heterocycles. The number of benzene rings is 1. The maximum absolute atomic E-state index is 12.8. The zero-order valence-electron chi connectivity index (χ0n) is 16.3. The minimum Gasteiger partial charge on any atom is -0.441 e. The highest BCUT2D eigenvalue weighted by Gasteiger charge is 2.24. The summed E-state index contributed by atoms with van der Waals surface area (Å²) in [5, 5.41) is 0. The lowest BCUT2D eigenvalue weighted by atomic mass is 10.1. The lowest BCUT2D eigenvalue weighted by molar-refractivity contribution is -0.130. The molecule has 6 nitrogen and oxygen atoms in total. The molecule has 0 aliphatic carbocycles. The first-order valence-electron chi connectivity index (χ1n) is 9.58. The number of hydrogen-bond acceptors (Lipinski definition) is 5. The number of pyridine rings is 1. The van der Waals surface area contributed by atoms with Gasteiger partial charge in [-0.25, -0.2) is 9.97 Å². The van der Waals surface area contributed by atoms with Gasteiger partial charge in [0.05, 0.1) is 12.1 Å². The maximum atomic E-state index is 12.8. The molecule has 0 bridgehead atoms. The van der Waals surface area contributed by atoms with Gasteiger partial charge in [-0.3, -0.25) is 4.79 Å². The highest BCUT2D eigenvalue weighted by Crippen LogP contribution is 2.25. The Hall–Kier alpha value is -3.15. The summed E-state index contributed by atoms with van der Waals surface area (Å²) in [6, 6.07) is 13.9. The average Bonchev–Trinajstić information content (AvgIpc) is 3.09. The van der Waals surface area contributed by atoms with E-state index in [1.165, 1.54) is 0 Å². The van der Waals surface area contributed by atoms with Crippen LogP contribution in [0.1, 0.15) is 17.0 Å². The van der Waals surface area contributed by atoms with Gasteiger partial charge < -0.3 is 14.2 Å². The van der Waals surface area contributed by atoms with Gasteiger partial charge in [0, 0.05) is 37.9 Å².